The van der Waals surface area contributed by atoms with Crippen molar-refractivity contribution < 1.29 is 13.9 Å². The lowest BCUT2D eigenvalue weighted by molar-refractivity contribution is -0.116. The molecule has 0 aliphatic rings. The van der Waals surface area contributed by atoms with Gasteiger partial charge < -0.3 is 9.30 Å². The molecule has 0 N–H and O–H groups in total. The molecule has 152 valence electrons. The summed E-state index contributed by atoms with van der Waals surface area (Å²) in [5.74, 6) is 1.85. The number of carbonyl (C=O) groups is 1. The van der Waals surface area contributed by atoms with Gasteiger partial charge in [0, 0.05) is 19.4 Å². The van der Waals surface area contributed by atoms with Gasteiger partial charge in [-0.15, -0.1) is 10.2 Å². The Morgan fingerprint density at radius 1 is 1.03 bits per heavy atom. The smallest absolute Gasteiger partial charge is 0.191 e. The number of aryl methyl sites for hydroxylation is 2. The van der Waals surface area contributed by atoms with Crippen LogP contribution in [0.3, 0.4) is 0 Å². The summed E-state index contributed by atoms with van der Waals surface area (Å²) >= 11 is 1.40. The highest BCUT2D eigenvalue weighted by Gasteiger charge is 2.13. The Hall–Kier alpha value is -2.67. The van der Waals surface area contributed by atoms with Gasteiger partial charge in [0.25, 0.3) is 0 Å². The molecule has 29 heavy (non-hydrogen) atoms. The second kappa shape index (κ2) is 10.2. The van der Waals surface area contributed by atoms with Crippen LogP contribution in [0.2, 0.25) is 0 Å². The molecule has 0 atom stereocenters. The van der Waals surface area contributed by atoms with Gasteiger partial charge in [-0.2, -0.15) is 0 Å². The monoisotopic (exact) mass is 413 g/mol. The molecule has 0 aliphatic carbocycles. The second-order valence-electron chi connectivity index (χ2n) is 6.62. The molecule has 3 aromatic rings. The normalized spacial score (nSPS) is 10.9. The highest BCUT2D eigenvalue weighted by atomic mass is 32.2. The van der Waals surface area contributed by atoms with Crippen LogP contribution in [-0.2, 0) is 30.6 Å². The van der Waals surface area contributed by atoms with Crippen LogP contribution in [0.15, 0.2) is 53.7 Å². The van der Waals surface area contributed by atoms with Gasteiger partial charge in [-0.05, 0) is 48.7 Å². The number of hydrogen-bond acceptors (Lipinski definition) is 5. The third-order valence-corrected chi connectivity index (χ3v) is 5.61. The van der Waals surface area contributed by atoms with Gasteiger partial charge in [0.1, 0.15) is 23.2 Å². The Balaban J connectivity index is 1.55. The summed E-state index contributed by atoms with van der Waals surface area (Å²) in [5, 5.41) is 9.35. The van der Waals surface area contributed by atoms with Gasteiger partial charge in [-0.3, -0.25) is 4.79 Å². The zero-order valence-corrected chi connectivity index (χ0v) is 17.4. The van der Waals surface area contributed by atoms with E-state index in [1.165, 1.54) is 29.5 Å². The van der Waals surface area contributed by atoms with Crippen molar-refractivity contribution >= 4 is 17.5 Å². The predicted octanol–water partition coefficient (Wildman–Crippen LogP) is 4.13. The fourth-order valence-corrected chi connectivity index (χ4v) is 3.88. The number of thioether (sulfide) groups is 1. The van der Waals surface area contributed by atoms with Gasteiger partial charge >= 0.3 is 0 Å². The van der Waals surface area contributed by atoms with Crippen LogP contribution in [0.5, 0.6) is 5.75 Å². The number of aromatic nitrogens is 3. The maximum absolute atomic E-state index is 13.0. The van der Waals surface area contributed by atoms with Crippen molar-refractivity contribution in [1.29, 1.82) is 0 Å². The summed E-state index contributed by atoms with van der Waals surface area (Å²) in [7, 11) is 1.66. The first-order valence-electron chi connectivity index (χ1n) is 9.53. The molecule has 0 fully saturated rings. The number of methoxy groups -OCH3 is 1. The van der Waals surface area contributed by atoms with Crippen molar-refractivity contribution in [2.75, 3.05) is 12.9 Å². The number of halogens is 1. The van der Waals surface area contributed by atoms with E-state index in [2.05, 4.69) is 26.9 Å². The summed E-state index contributed by atoms with van der Waals surface area (Å²) in [6, 6.07) is 14.0. The van der Waals surface area contributed by atoms with Crippen LogP contribution in [0.25, 0.3) is 0 Å². The highest BCUT2D eigenvalue weighted by molar-refractivity contribution is 7.99. The predicted molar refractivity (Wildman–Crippen MR) is 112 cm³/mol. The standard InChI is InChI=1S/C22H24FN3O2S/c1-3-26-21(13-8-16-6-11-20(28-2)12-7-16)24-25-22(26)29-15-19(27)14-17-4-9-18(23)10-5-17/h4-7,9-12H,3,8,13-15H2,1-2H3. The Kier molecular flexibility index (Phi) is 7.41. The third kappa shape index (κ3) is 5.90. The second-order valence-corrected chi connectivity index (χ2v) is 7.56. The lowest BCUT2D eigenvalue weighted by Gasteiger charge is -2.08. The van der Waals surface area contributed by atoms with Gasteiger partial charge in [-0.25, -0.2) is 4.39 Å². The van der Waals surface area contributed by atoms with E-state index in [1.54, 1.807) is 19.2 Å². The van der Waals surface area contributed by atoms with Crippen LogP contribution < -0.4 is 4.74 Å². The van der Waals surface area contributed by atoms with Crippen molar-refractivity contribution in [2.45, 2.75) is 37.9 Å². The molecule has 0 unspecified atom stereocenters. The van der Waals surface area contributed by atoms with E-state index in [9.17, 15) is 9.18 Å². The van der Waals surface area contributed by atoms with Crippen molar-refractivity contribution in [3.63, 3.8) is 0 Å². The van der Waals surface area contributed by atoms with E-state index in [0.29, 0.717) is 5.75 Å². The molecule has 0 radical (unpaired) electrons. The third-order valence-electron chi connectivity index (χ3n) is 4.58. The number of nitrogens with zero attached hydrogens (tertiary/aromatic N) is 3. The van der Waals surface area contributed by atoms with Gasteiger partial charge in [0.05, 0.1) is 12.9 Å². The average Bonchev–Trinajstić information content (AvgIpc) is 3.14. The fourth-order valence-electron chi connectivity index (χ4n) is 3.00. The molecule has 0 saturated carbocycles. The Labute approximate surface area is 174 Å². The molecule has 0 spiro atoms. The van der Waals surface area contributed by atoms with E-state index in [1.807, 2.05) is 19.1 Å². The lowest BCUT2D eigenvalue weighted by atomic mass is 10.1. The Bertz CT molecular complexity index is 940. The number of benzene rings is 2. The van der Waals surface area contributed by atoms with E-state index < -0.39 is 0 Å². The molecule has 7 heteroatoms. The van der Waals surface area contributed by atoms with Gasteiger partial charge in [0.2, 0.25) is 0 Å². The molecule has 1 aromatic heterocycles. The summed E-state index contributed by atoms with van der Waals surface area (Å²) in [6.45, 7) is 2.80. The first-order chi connectivity index (χ1) is 14.1. The minimum Gasteiger partial charge on any atom is -0.497 e. The zero-order valence-electron chi connectivity index (χ0n) is 16.6. The number of rotatable bonds is 10. The molecular formula is C22H24FN3O2S. The van der Waals surface area contributed by atoms with E-state index >= 15 is 0 Å². The van der Waals surface area contributed by atoms with Gasteiger partial charge in [-0.1, -0.05) is 36.0 Å². The molecule has 1 heterocycles. The number of ether oxygens (including phenoxy) is 1. The fraction of sp³-hybridized carbons (Fsp3) is 0.318. The van der Waals surface area contributed by atoms with Crippen molar-refractivity contribution in [2.24, 2.45) is 0 Å². The summed E-state index contributed by atoms with van der Waals surface area (Å²) in [4.78, 5) is 12.3. The minimum absolute atomic E-state index is 0.0760. The molecule has 0 aliphatic heterocycles. The summed E-state index contributed by atoms with van der Waals surface area (Å²) < 4.78 is 20.2. The Morgan fingerprint density at radius 2 is 1.72 bits per heavy atom. The van der Waals surface area contributed by atoms with Gasteiger partial charge in [0.15, 0.2) is 5.16 Å². The molecule has 0 amide bonds. The molecule has 0 bridgehead atoms. The SMILES string of the molecule is CCn1c(CCc2ccc(OC)cc2)nnc1SCC(=O)Cc1ccc(F)cc1. The quantitative estimate of drug-likeness (QED) is 0.468. The van der Waals surface area contributed by atoms with Crippen LogP contribution >= 0.6 is 11.8 Å². The lowest BCUT2D eigenvalue weighted by Crippen LogP contribution is -2.08. The van der Waals surface area contributed by atoms with Crippen LogP contribution in [0.4, 0.5) is 4.39 Å². The first-order valence-corrected chi connectivity index (χ1v) is 10.5. The van der Waals surface area contributed by atoms with Crippen LogP contribution in [-0.4, -0.2) is 33.4 Å². The number of ketones is 1. The topological polar surface area (TPSA) is 57.0 Å². The van der Waals surface area contributed by atoms with Crippen LogP contribution in [0.1, 0.15) is 23.9 Å². The molecule has 5 nitrogen and oxygen atoms in total. The minimum atomic E-state index is -0.297. The molecular weight excluding hydrogens is 389 g/mol. The largest absolute Gasteiger partial charge is 0.497 e. The van der Waals surface area contributed by atoms with Crippen molar-refractivity contribution in [3.8, 4) is 5.75 Å². The van der Waals surface area contributed by atoms with E-state index in [-0.39, 0.29) is 18.0 Å². The van der Waals surface area contributed by atoms with Crippen molar-refractivity contribution in [1.82, 2.24) is 14.8 Å². The first kappa shape index (κ1) is 21.0. The Morgan fingerprint density at radius 3 is 2.38 bits per heavy atom. The number of carbonyl (C=O) groups excluding carboxylic acids is 1. The van der Waals surface area contributed by atoms with Crippen LogP contribution in [0, 0.1) is 5.82 Å². The summed E-state index contributed by atoms with van der Waals surface area (Å²) in [6.07, 6.45) is 1.92. The molecule has 0 saturated heterocycles. The summed E-state index contributed by atoms with van der Waals surface area (Å²) in [5.41, 5.74) is 2.02. The zero-order chi connectivity index (χ0) is 20.6. The number of hydrogen-bond donors (Lipinski definition) is 0. The van der Waals surface area contributed by atoms with Crippen molar-refractivity contribution in [3.05, 3.63) is 71.3 Å². The molecule has 3 rings (SSSR count). The average molecular weight is 414 g/mol. The highest BCUT2D eigenvalue weighted by Crippen LogP contribution is 2.19. The molecule has 2 aromatic carbocycles. The maximum atomic E-state index is 13.0. The van der Waals surface area contributed by atoms with E-state index in [0.717, 1.165) is 41.7 Å². The number of Topliss-reactive ketones (excluding diaryl/α,β-unsaturated/α-hetero) is 1. The maximum Gasteiger partial charge on any atom is 0.191 e. The van der Waals surface area contributed by atoms with E-state index in [4.69, 9.17) is 4.74 Å².